The maximum absolute atomic E-state index is 5.54. The van der Waals surface area contributed by atoms with Crippen molar-refractivity contribution >= 4 is 7.32 Å². The quantitative estimate of drug-likeness (QED) is 0.592. The minimum atomic E-state index is -0.478. The second-order valence-corrected chi connectivity index (χ2v) is 3.77. The highest BCUT2D eigenvalue weighted by atomic mass is 16.7. The summed E-state index contributed by atoms with van der Waals surface area (Å²) in [6, 6.07) is 0. The molecule has 1 unspecified atom stereocenters. The van der Waals surface area contributed by atoms with Crippen LogP contribution >= 0.6 is 0 Å². The molecule has 1 rings (SSSR count). The van der Waals surface area contributed by atoms with Gasteiger partial charge in [0, 0.05) is 12.7 Å². The molecule has 12 heavy (non-hydrogen) atoms. The van der Waals surface area contributed by atoms with Gasteiger partial charge in [-0.05, 0) is 34.1 Å². The molecule has 0 radical (unpaired) electrons. The lowest BCUT2D eigenvalue weighted by Crippen LogP contribution is -2.47. The maximum atomic E-state index is 5.54. The van der Waals surface area contributed by atoms with E-state index in [1.165, 1.54) is 0 Å². The van der Waals surface area contributed by atoms with Crippen LogP contribution in [0.4, 0.5) is 0 Å². The molecule has 0 aromatic rings. The Morgan fingerprint density at radius 2 is 2.25 bits per heavy atom. The van der Waals surface area contributed by atoms with Crippen molar-refractivity contribution in [2.45, 2.75) is 45.8 Å². The molecule has 0 saturated carbocycles. The lowest BCUT2D eigenvalue weighted by molar-refractivity contribution is -0.0677. The summed E-state index contributed by atoms with van der Waals surface area (Å²) in [5.41, 5.74) is -0.127. The molecule has 1 atom stereocenters. The maximum Gasteiger partial charge on any atom is 0.639 e. The lowest BCUT2D eigenvalue weighted by atomic mass is 9.95. The molecule has 0 amide bonds. The molecule has 4 heteroatoms. The number of hydrogen-bond donors (Lipinski definition) is 0. The molecule has 0 aliphatic carbocycles. The van der Waals surface area contributed by atoms with Crippen LogP contribution in [0.3, 0.4) is 0 Å². The largest absolute Gasteiger partial charge is 0.639 e. The van der Waals surface area contributed by atoms with Gasteiger partial charge in [0.25, 0.3) is 0 Å². The SMILES string of the molecule is CCOB1OC(C)CC(C)(C)O1. The fourth-order valence-electron chi connectivity index (χ4n) is 1.48. The van der Waals surface area contributed by atoms with Crippen molar-refractivity contribution in [2.24, 2.45) is 0 Å². The first-order valence-corrected chi connectivity index (χ1v) is 4.48. The molecule has 0 aromatic heterocycles. The highest BCUT2D eigenvalue weighted by Gasteiger charge is 2.38. The summed E-state index contributed by atoms with van der Waals surface area (Å²) >= 11 is 0. The first-order valence-electron chi connectivity index (χ1n) is 4.48. The predicted molar refractivity (Wildman–Crippen MR) is 47.7 cm³/mol. The second kappa shape index (κ2) is 3.77. The van der Waals surface area contributed by atoms with Gasteiger partial charge < -0.3 is 14.0 Å². The summed E-state index contributed by atoms with van der Waals surface area (Å²) in [6.45, 7) is 8.69. The molecule has 70 valence electrons. The van der Waals surface area contributed by atoms with E-state index in [1.807, 2.05) is 13.8 Å². The summed E-state index contributed by atoms with van der Waals surface area (Å²) in [5.74, 6) is 0. The van der Waals surface area contributed by atoms with E-state index in [0.29, 0.717) is 6.61 Å². The van der Waals surface area contributed by atoms with E-state index in [9.17, 15) is 0 Å². The molecule has 3 nitrogen and oxygen atoms in total. The fraction of sp³-hybridized carbons (Fsp3) is 1.00. The average molecular weight is 172 g/mol. The minimum Gasteiger partial charge on any atom is -0.386 e. The highest BCUT2D eigenvalue weighted by Crippen LogP contribution is 2.25. The van der Waals surface area contributed by atoms with Gasteiger partial charge in [-0.3, -0.25) is 0 Å². The van der Waals surface area contributed by atoms with E-state index in [1.54, 1.807) is 0 Å². The Morgan fingerprint density at radius 3 is 2.75 bits per heavy atom. The van der Waals surface area contributed by atoms with Gasteiger partial charge in [-0.1, -0.05) is 0 Å². The van der Waals surface area contributed by atoms with E-state index < -0.39 is 7.32 Å². The van der Waals surface area contributed by atoms with E-state index in [0.717, 1.165) is 6.42 Å². The highest BCUT2D eigenvalue weighted by molar-refractivity contribution is 6.36. The molecule has 0 N–H and O–H groups in total. The molecule has 1 heterocycles. The van der Waals surface area contributed by atoms with Crippen LogP contribution in [0, 0.1) is 0 Å². The summed E-state index contributed by atoms with van der Waals surface area (Å²) in [7, 11) is -0.478. The molecular weight excluding hydrogens is 155 g/mol. The van der Waals surface area contributed by atoms with Crippen molar-refractivity contribution < 1.29 is 14.0 Å². The Bertz CT molecular complexity index is 149. The number of hydrogen-bond acceptors (Lipinski definition) is 3. The zero-order chi connectivity index (χ0) is 9.19. The zero-order valence-electron chi connectivity index (χ0n) is 8.29. The first kappa shape index (κ1) is 10.0. The van der Waals surface area contributed by atoms with Gasteiger partial charge in [0.15, 0.2) is 0 Å². The van der Waals surface area contributed by atoms with Crippen LogP contribution < -0.4 is 0 Å². The standard InChI is InChI=1S/C8H17BO3/c1-5-10-9-11-7(2)6-8(3,4)12-9/h7H,5-6H2,1-4H3. The Kier molecular flexibility index (Phi) is 3.15. The normalized spacial score (nSPS) is 29.0. The van der Waals surface area contributed by atoms with Crippen molar-refractivity contribution in [3.8, 4) is 0 Å². The monoisotopic (exact) mass is 172 g/mol. The van der Waals surface area contributed by atoms with E-state index in [2.05, 4.69) is 13.8 Å². The van der Waals surface area contributed by atoms with E-state index >= 15 is 0 Å². The molecule has 1 aliphatic heterocycles. The smallest absolute Gasteiger partial charge is 0.386 e. The Morgan fingerprint density at radius 1 is 1.58 bits per heavy atom. The van der Waals surface area contributed by atoms with E-state index in [4.69, 9.17) is 14.0 Å². The Hall–Kier alpha value is -0.0551. The fourth-order valence-corrected chi connectivity index (χ4v) is 1.48. The van der Waals surface area contributed by atoms with Crippen LogP contribution in [-0.4, -0.2) is 25.6 Å². The van der Waals surface area contributed by atoms with Gasteiger partial charge in [0.05, 0.1) is 5.60 Å². The van der Waals surface area contributed by atoms with Crippen LogP contribution in [0.2, 0.25) is 0 Å². The van der Waals surface area contributed by atoms with Crippen LogP contribution in [0.15, 0.2) is 0 Å². The second-order valence-electron chi connectivity index (χ2n) is 3.77. The molecule has 1 saturated heterocycles. The van der Waals surface area contributed by atoms with Gasteiger partial charge in [-0.15, -0.1) is 0 Å². The molecule has 0 bridgehead atoms. The minimum absolute atomic E-state index is 0.127. The van der Waals surface area contributed by atoms with Crippen LogP contribution in [0.1, 0.15) is 34.1 Å². The summed E-state index contributed by atoms with van der Waals surface area (Å²) in [4.78, 5) is 0. The van der Waals surface area contributed by atoms with Crippen molar-refractivity contribution in [1.29, 1.82) is 0 Å². The van der Waals surface area contributed by atoms with Crippen LogP contribution in [0.25, 0.3) is 0 Å². The molecular formula is C8H17BO3. The van der Waals surface area contributed by atoms with Gasteiger partial charge >= 0.3 is 7.32 Å². The molecule has 1 aliphatic rings. The first-order chi connectivity index (χ1) is 5.53. The van der Waals surface area contributed by atoms with Gasteiger partial charge in [0.2, 0.25) is 0 Å². The molecule has 0 spiro atoms. The summed E-state index contributed by atoms with van der Waals surface area (Å²) < 4.78 is 16.2. The van der Waals surface area contributed by atoms with Gasteiger partial charge in [0.1, 0.15) is 0 Å². The van der Waals surface area contributed by atoms with Gasteiger partial charge in [-0.2, -0.15) is 0 Å². The summed E-state index contributed by atoms with van der Waals surface area (Å²) in [6.07, 6.45) is 1.13. The zero-order valence-corrected chi connectivity index (χ0v) is 8.29. The Balaban J connectivity index is 2.46. The van der Waals surface area contributed by atoms with Gasteiger partial charge in [-0.25, -0.2) is 0 Å². The Labute approximate surface area is 74.6 Å². The topological polar surface area (TPSA) is 27.7 Å². The summed E-state index contributed by atoms with van der Waals surface area (Å²) in [5, 5.41) is 0. The molecule has 1 fully saturated rings. The van der Waals surface area contributed by atoms with Crippen LogP contribution in [0.5, 0.6) is 0 Å². The third kappa shape index (κ3) is 2.77. The van der Waals surface area contributed by atoms with Crippen molar-refractivity contribution in [3.63, 3.8) is 0 Å². The predicted octanol–water partition coefficient (Wildman–Crippen LogP) is 1.61. The third-order valence-corrected chi connectivity index (χ3v) is 1.84. The number of rotatable bonds is 2. The van der Waals surface area contributed by atoms with Crippen molar-refractivity contribution in [1.82, 2.24) is 0 Å². The average Bonchev–Trinajstić information content (AvgIpc) is 1.82. The van der Waals surface area contributed by atoms with E-state index in [-0.39, 0.29) is 11.7 Å². The van der Waals surface area contributed by atoms with Crippen molar-refractivity contribution in [2.75, 3.05) is 6.61 Å². The third-order valence-electron chi connectivity index (χ3n) is 1.84. The molecule has 0 aromatic carbocycles. The lowest BCUT2D eigenvalue weighted by Gasteiger charge is -2.36. The van der Waals surface area contributed by atoms with Crippen molar-refractivity contribution in [3.05, 3.63) is 0 Å². The van der Waals surface area contributed by atoms with Crippen LogP contribution in [-0.2, 0) is 14.0 Å².